The van der Waals surface area contributed by atoms with E-state index in [2.05, 4.69) is 12.2 Å². The number of amides is 1. The van der Waals surface area contributed by atoms with E-state index >= 15 is 0 Å². The van der Waals surface area contributed by atoms with Crippen LogP contribution in [0.15, 0.2) is 23.1 Å². The topological polar surface area (TPSA) is 66.5 Å². The highest BCUT2D eigenvalue weighted by atomic mass is 32.2. The summed E-state index contributed by atoms with van der Waals surface area (Å²) in [6.45, 7) is 5.03. The first-order chi connectivity index (χ1) is 9.86. The molecule has 116 valence electrons. The fourth-order valence-electron chi connectivity index (χ4n) is 2.52. The Labute approximate surface area is 126 Å². The van der Waals surface area contributed by atoms with Crippen molar-refractivity contribution < 1.29 is 13.2 Å². The quantitative estimate of drug-likeness (QED) is 0.925. The van der Waals surface area contributed by atoms with Crippen LogP contribution in [-0.2, 0) is 10.0 Å². The standard InChI is InChI=1S/C15H22N2O3S/c1-11-6-8-17(9-7-11)21(19,20)13-5-4-12(2)14(10-13)15(18)16-3/h4-5,10-11H,6-9H2,1-3H3,(H,16,18). The van der Waals surface area contributed by atoms with Gasteiger partial charge in [-0.05, 0) is 43.4 Å². The number of carbonyl (C=O) groups is 1. The van der Waals surface area contributed by atoms with Gasteiger partial charge in [-0.15, -0.1) is 0 Å². The molecule has 1 heterocycles. The van der Waals surface area contributed by atoms with Crippen molar-refractivity contribution in [2.75, 3.05) is 20.1 Å². The van der Waals surface area contributed by atoms with Crippen LogP contribution in [0.4, 0.5) is 0 Å². The van der Waals surface area contributed by atoms with E-state index < -0.39 is 10.0 Å². The highest BCUT2D eigenvalue weighted by Gasteiger charge is 2.28. The number of hydrogen-bond acceptors (Lipinski definition) is 3. The van der Waals surface area contributed by atoms with Gasteiger partial charge in [0.15, 0.2) is 0 Å². The lowest BCUT2D eigenvalue weighted by Crippen LogP contribution is -2.38. The average Bonchev–Trinajstić information content (AvgIpc) is 2.47. The summed E-state index contributed by atoms with van der Waals surface area (Å²) in [7, 11) is -1.98. The molecule has 5 nitrogen and oxygen atoms in total. The van der Waals surface area contributed by atoms with E-state index in [0.717, 1.165) is 18.4 Å². The van der Waals surface area contributed by atoms with E-state index in [0.29, 0.717) is 24.6 Å². The molecule has 0 aliphatic carbocycles. The van der Waals surface area contributed by atoms with Gasteiger partial charge in [-0.25, -0.2) is 8.42 Å². The van der Waals surface area contributed by atoms with Crippen LogP contribution in [0.3, 0.4) is 0 Å². The number of sulfonamides is 1. The lowest BCUT2D eigenvalue weighted by molar-refractivity contribution is 0.0962. The molecule has 2 rings (SSSR count). The molecule has 1 aromatic rings. The number of carbonyl (C=O) groups excluding carboxylic acids is 1. The van der Waals surface area contributed by atoms with Gasteiger partial charge < -0.3 is 5.32 Å². The molecule has 1 amide bonds. The number of piperidine rings is 1. The van der Waals surface area contributed by atoms with E-state index in [4.69, 9.17) is 0 Å². The Bertz CT molecular complexity index is 632. The van der Waals surface area contributed by atoms with Crippen LogP contribution < -0.4 is 5.32 Å². The molecule has 0 aromatic heterocycles. The summed E-state index contributed by atoms with van der Waals surface area (Å²) >= 11 is 0. The molecular formula is C15H22N2O3S. The SMILES string of the molecule is CNC(=O)c1cc(S(=O)(=O)N2CCC(C)CC2)ccc1C. The van der Waals surface area contributed by atoms with Crippen molar-refractivity contribution in [1.82, 2.24) is 9.62 Å². The molecule has 0 bridgehead atoms. The summed E-state index contributed by atoms with van der Waals surface area (Å²) < 4.78 is 26.8. The van der Waals surface area contributed by atoms with Crippen molar-refractivity contribution in [3.63, 3.8) is 0 Å². The molecule has 0 spiro atoms. The minimum Gasteiger partial charge on any atom is -0.355 e. The molecule has 1 aromatic carbocycles. The van der Waals surface area contributed by atoms with Crippen molar-refractivity contribution in [1.29, 1.82) is 0 Å². The third kappa shape index (κ3) is 3.27. The Kier molecular flexibility index (Phi) is 4.68. The van der Waals surface area contributed by atoms with E-state index in [1.165, 1.54) is 17.4 Å². The molecule has 1 fully saturated rings. The number of aryl methyl sites for hydroxylation is 1. The predicted octanol–water partition coefficient (Wildman–Crippen LogP) is 1.78. The molecule has 0 atom stereocenters. The summed E-state index contributed by atoms with van der Waals surface area (Å²) in [6, 6.07) is 4.74. The normalized spacial score (nSPS) is 17.7. The van der Waals surface area contributed by atoms with Crippen LogP contribution in [0.2, 0.25) is 0 Å². The van der Waals surface area contributed by atoms with E-state index in [9.17, 15) is 13.2 Å². The van der Waals surface area contributed by atoms with Crippen molar-refractivity contribution in [2.45, 2.75) is 31.6 Å². The summed E-state index contributed by atoms with van der Waals surface area (Å²) in [5.41, 5.74) is 1.17. The van der Waals surface area contributed by atoms with Gasteiger partial charge in [-0.1, -0.05) is 13.0 Å². The maximum absolute atomic E-state index is 12.7. The van der Waals surface area contributed by atoms with Crippen molar-refractivity contribution >= 4 is 15.9 Å². The molecular weight excluding hydrogens is 288 g/mol. The molecule has 1 N–H and O–H groups in total. The second-order valence-corrected chi connectivity index (χ2v) is 7.58. The highest BCUT2D eigenvalue weighted by molar-refractivity contribution is 7.89. The van der Waals surface area contributed by atoms with Gasteiger partial charge in [0.25, 0.3) is 5.91 Å². The van der Waals surface area contributed by atoms with Crippen LogP contribution in [0.25, 0.3) is 0 Å². The Morgan fingerprint density at radius 2 is 1.90 bits per heavy atom. The Balaban J connectivity index is 2.34. The van der Waals surface area contributed by atoms with Gasteiger partial charge in [0.1, 0.15) is 0 Å². The monoisotopic (exact) mass is 310 g/mol. The minimum absolute atomic E-state index is 0.196. The molecule has 6 heteroatoms. The fourth-order valence-corrected chi connectivity index (χ4v) is 4.01. The van der Waals surface area contributed by atoms with Crippen molar-refractivity contribution in [2.24, 2.45) is 5.92 Å². The Morgan fingerprint density at radius 1 is 1.29 bits per heavy atom. The van der Waals surface area contributed by atoms with Gasteiger partial charge in [-0.2, -0.15) is 4.31 Å². The fraction of sp³-hybridized carbons (Fsp3) is 0.533. The summed E-state index contributed by atoms with van der Waals surface area (Å²) in [4.78, 5) is 12.0. The van der Waals surface area contributed by atoms with Gasteiger partial charge in [0.2, 0.25) is 10.0 Å². The van der Waals surface area contributed by atoms with E-state index in [1.54, 1.807) is 19.1 Å². The second kappa shape index (κ2) is 6.15. The van der Waals surface area contributed by atoms with E-state index in [1.807, 2.05) is 0 Å². The smallest absolute Gasteiger partial charge is 0.251 e. The zero-order valence-corrected chi connectivity index (χ0v) is 13.5. The zero-order valence-electron chi connectivity index (χ0n) is 12.7. The zero-order chi connectivity index (χ0) is 15.6. The summed E-state index contributed by atoms with van der Waals surface area (Å²) in [5.74, 6) is 0.299. The van der Waals surface area contributed by atoms with Gasteiger partial charge in [0, 0.05) is 25.7 Å². The van der Waals surface area contributed by atoms with Crippen LogP contribution in [0, 0.1) is 12.8 Å². The lowest BCUT2D eigenvalue weighted by Gasteiger charge is -2.29. The van der Waals surface area contributed by atoms with Crippen LogP contribution >= 0.6 is 0 Å². The van der Waals surface area contributed by atoms with Crippen LogP contribution in [0.1, 0.15) is 35.7 Å². The first kappa shape index (κ1) is 16.0. The highest BCUT2D eigenvalue weighted by Crippen LogP contribution is 2.24. The number of hydrogen-bond donors (Lipinski definition) is 1. The first-order valence-electron chi connectivity index (χ1n) is 7.19. The number of nitrogens with zero attached hydrogens (tertiary/aromatic N) is 1. The van der Waals surface area contributed by atoms with Crippen molar-refractivity contribution in [3.8, 4) is 0 Å². The van der Waals surface area contributed by atoms with Crippen LogP contribution in [-0.4, -0.2) is 38.8 Å². The molecule has 0 unspecified atom stereocenters. The molecule has 1 saturated heterocycles. The second-order valence-electron chi connectivity index (χ2n) is 5.64. The number of nitrogens with one attached hydrogen (secondary N) is 1. The van der Waals surface area contributed by atoms with Gasteiger partial charge in [0.05, 0.1) is 4.90 Å². The Morgan fingerprint density at radius 3 is 2.48 bits per heavy atom. The number of benzene rings is 1. The molecule has 0 saturated carbocycles. The summed E-state index contributed by atoms with van der Waals surface area (Å²) in [6.07, 6.45) is 1.76. The van der Waals surface area contributed by atoms with Gasteiger partial charge in [-0.3, -0.25) is 4.79 Å². The molecule has 21 heavy (non-hydrogen) atoms. The predicted molar refractivity (Wildman–Crippen MR) is 81.7 cm³/mol. The maximum Gasteiger partial charge on any atom is 0.251 e. The number of rotatable bonds is 3. The maximum atomic E-state index is 12.7. The lowest BCUT2D eigenvalue weighted by atomic mass is 10.0. The minimum atomic E-state index is -3.51. The van der Waals surface area contributed by atoms with Gasteiger partial charge >= 0.3 is 0 Å². The molecule has 1 aliphatic rings. The third-order valence-electron chi connectivity index (χ3n) is 4.06. The third-order valence-corrected chi connectivity index (χ3v) is 5.96. The van der Waals surface area contributed by atoms with E-state index in [-0.39, 0.29) is 10.8 Å². The summed E-state index contributed by atoms with van der Waals surface area (Å²) in [5, 5.41) is 2.54. The van der Waals surface area contributed by atoms with Crippen LogP contribution in [0.5, 0.6) is 0 Å². The molecule has 0 radical (unpaired) electrons. The largest absolute Gasteiger partial charge is 0.355 e. The molecule has 1 aliphatic heterocycles. The Hall–Kier alpha value is -1.40. The first-order valence-corrected chi connectivity index (χ1v) is 8.63. The van der Waals surface area contributed by atoms with Crippen molar-refractivity contribution in [3.05, 3.63) is 29.3 Å². The average molecular weight is 310 g/mol.